The highest BCUT2D eigenvalue weighted by Gasteiger charge is 2.12. The molecule has 0 bridgehead atoms. The Labute approximate surface area is 203 Å². The molecule has 0 atom stereocenters. The summed E-state index contributed by atoms with van der Waals surface area (Å²) in [6, 6.07) is 6.84. The van der Waals surface area contributed by atoms with Crippen LogP contribution >= 0.6 is 0 Å². The monoisotopic (exact) mass is 474 g/mol. The maximum Gasteiger partial charge on any atom is 0.276 e. The molecule has 1 aromatic rings. The molecule has 5 heteroatoms. The first-order valence-corrected chi connectivity index (χ1v) is 14.4. The Bertz CT molecular complexity index is 809. The number of sulfonamides is 1. The van der Waals surface area contributed by atoms with E-state index in [1.165, 1.54) is 44.9 Å². The zero-order valence-electron chi connectivity index (χ0n) is 21.2. The van der Waals surface area contributed by atoms with Gasteiger partial charge in [-0.25, -0.2) is 4.83 Å². The molecule has 1 N–H and O–H groups in total. The summed E-state index contributed by atoms with van der Waals surface area (Å²) < 4.78 is 24.9. The minimum atomic E-state index is -3.60. The van der Waals surface area contributed by atoms with Crippen LogP contribution in [0.1, 0.15) is 109 Å². The Balaban J connectivity index is 2.20. The van der Waals surface area contributed by atoms with Gasteiger partial charge in [0.15, 0.2) is 0 Å². The molecule has 0 unspecified atom stereocenters. The zero-order valence-corrected chi connectivity index (χ0v) is 22.0. The molecule has 0 saturated carbocycles. The number of unbranched alkanes of at least 4 members (excludes halogenated alkanes) is 8. The van der Waals surface area contributed by atoms with Gasteiger partial charge in [-0.3, -0.25) is 0 Å². The summed E-state index contributed by atoms with van der Waals surface area (Å²) in [7, 11) is -3.60. The van der Waals surface area contributed by atoms with Gasteiger partial charge in [0.2, 0.25) is 0 Å². The quantitative estimate of drug-likeness (QED) is 0.0949. The van der Waals surface area contributed by atoms with E-state index in [4.69, 9.17) is 0 Å². The second kappa shape index (κ2) is 18.5. The van der Waals surface area contributed by atoms with Crippen molar-refractivity contribution in [1.82, 2.24) is 4.83 Å². The highest BCUT2D eigenvalue weighted by atomic mass is 32.2. The van der Waals surface area contributed by atoms with Crippen molar-refractivity contribution in [3.05, 3.63) is 54.1 Å². The average molecular weight is 475 g/mol. The maximum absolute atomic E-state index is 12.4. The fourth-order valence-electron chi connectivity index (χ4n) is 3.56. The van der Waals surface area contributed by atoms with Crippen molar-refractivity contribution in [2.24, 2.45) is 5.10 Å². The maximum atomic E-state index is 12.4. The summed E-state index contributed by atoms with van der Waals surface area (Å²) >= 11 is 0. The van der Waals surface area contributed by atoms with E-state index in [2.05, 4.69) is 48.1 Å². The third-order valence-corrected chi connectivity index (χ3v) is 6.83. The lowest BCUT2D eigenvalue weighted by atomic mass is 10.0. The molecule has 0 saturated heterocycles. The molecule has 186 valence electrons. The largest absolute Gasteiger partial charge is 0.276 e. The number of hydrogen-bond acceptors (Lipinski definition) is 3. The van der Waals surface area contributed by atoms with Crippen molar-refractivity contribution in [2.45, 2.75) is 116 Å². The van der Waals surface area contributed by atoms with Crippen LogP contribution in [0.15, 0.2) is 58.6 Å². The molecule has 0 aliphatic rings. The van der Waals surface area contributed by atoms with Gasteiger partial charge in [0.1, 0.15) is 0 Å². The van der Waals surface area contributed by atoms with Crippen LogP contribution in [0.2, 0.25) is 0 Å². The normalized spacial score (nSPS) is 12.8. The fourth-order valence-corrected chi connectivity index (χ4v) is 4.41. The van der Waals surface area contributed by atoms with Crippen molar-refractivity contribution in [3.63, 3.8) is 0 Å². The first kappa shape index (κ1) is 29.2. The van der Waals surface area contributed by atoms with E-state index in [1.807, 2.05) is 6.92 Å². The Morgan fingerprint density at radius 1 is 0.788 bits per heavy atom. The molecule has 0 radical (unpaired) electrons. The van der Waals surface area contributed by atoms with Crippen molar-refractivity contribution < 1.29 is 8.42 Å². The van der Waals surface area contributed by atoms with Crippen molar-refractivity contribution in [1.29, 1.82) is 0 Å². The van der Waals surface area contributed by atoms with Crippen molar-refractivity contribution in [2.75, 3.05) is 0 Å². The van der Waals surface area contributed by atoms with Gasteiger partial charge in [-0.05, 0) is 70.4 Å². The Morgan fingerprint density at radius 3 is 2.03 bits per heavy atom. The van der Waals surface area contributed by atoms with E-state index in [1.54, 1.807) is 24.3 Å². The van der Waals surface area contributed by atoms with E-state index in [9.17, 15) is 8.42 Å². The van der Waals surface area contributed by atoms with Gasteiger partial charge in [-0.1, -0.05) is 94.4 Å². The van der Waals surface area contributed by atoms with Gasteiger partial charge in [-0.15, -0.1) is 0 Å². The molecule has 0 aliphatic heterocycles. The molecule has 0 amide bonds. The van der Waals surface area contributed by atoms with Crippen molar-refractivity contribution >= 4 is 15.7 Å². The summed E-state index contributed by atoms with van der Waals surface area (Å²) in [5.74, 6) is 0. The topological polar surface area (TPSA) is 58.5 Å². The van der Waals surface area contributed by atoms with Crippen LogP contribution in [0.5, 0.6) is 0 Å². The first-order chi connectivity index (χ1) is 16.0. The predicted octanol–water partition coefficient (Wildman–Crippen LogP) is 8.24. The fraction of sp³-hybridized carbons (Fsp3) is 0.607. The van der Waals surface area contributed by atoms with E-state index >= 15 is 0 Å². The number of rotatable bonds is 19. The number of aryl methyl sites for hydroxylation is 1. The summed E-state index contributed by atoms with van der Waals surface area (Å²) in [4.78, 5) is 2.68. The second-order valence-electron chi connectivity index (χ2n) is 8.82. The smallest absolute Gasteiger partial charge is 0.200 e. The van der Waals surface area contributed by atoms with Gasteiger partial charge in [0.25, 0.3) is 10.0 Å². The third kappa shape index (κ3) is 14.8. The number of benzene rings is 1. The van der Waals surface area contributed by atoms with Crippen molar-refractivity contribution in [3.8, 4) is 0 Å². The standard InChI is InChI=1S/C28H46N2O2S/c1-4-6-7-8-9-10-11-12-13-14-15-16-17-18-19-21-27(20-5-2)29-30-33(31,32)28-24-22-26(3)23-25-28/h9-10,12-13,22-25,30H,4-8,11,14-21H2,1-3H3/b10-9-,13-12-,29-27-. The summed E-state index contributed by atoms with van der Waals surface area (Å²) in [5, 5.41) is 4.25. The summed E-state index contributed by atoms with van der Waals surface area (Å²) in [5.41, 5.74) is 1.98. The van der Waals surface area contributed by atoms with E-state index in [0.717, 1.165) is 56.2 Å². The molecule has 33 heavy (non-hydrogen) atoms. The minimum absolute atomic E-state index is 0.254. The lowest BCUT2D eigenvalue weighted by Gasteiger charge is -2.08. The molecule has 4 nitrogen and oxygen atoms in total. The number of hydrogen-bond donors (Lipinski definition) is 1. The van der Waals surface area contributed by atoms with E-state index < -0.39 is 10.0 Å². The predicted molar refractivity (Wildman–Crippen MR) is 143 cm³/mol. The van der Waals surface area contributed by atoms with E-state index in [0.29, 0.717) is 0 Å². The van der Waals surface area contributed by atoms with Gasteiger partial charge >= 0.3 is 0 Å². The van der Waals surface area contributed by atoms with Crippen LogP contribution in [0.4, 0.5) is 0 Å². The highest BCUT2D eigenvalue weighted by molar-refractivity contribution is 7.89. The Kier molecular flexibility index (Phi) is 16.4. The number of hydrazone groups is 1. The zero-order chi connectivity index (χ0) is 24.2. The second-order valence-corrected chi connectivity index (χ2v) is 10.5. The van der Waals surface area contributed by atoms with Crippen LogP contribution in [0.3, 0.4) is 0 Å². The Morgan fingerprint density at radius 2 is 1.39 bits per heavy atom. The molecule has 1 aromatic carbocycles. The SMILES string of the molecule is CCCCC/C=C\C/C=C\CCCCCCC/C(CCC)=N\NS(=O)(=O)c1ccc(C)cc1. The van der Waals surface area contributed by atoms with Crippen LogP contribution in [0.25, 0.3) is 0 Å². The molecular weight excluding hydrogens is 428 g/mol. The van der Waals surface area contributed by atoms with E-state index in [-0.39, 0.29) is 4.90 Å². The van der Waals surface area contributed by atoms with Gasteiger partial charge in [-0.2, -0.15) is 13.5 Å². The molecule has 0 fully saturated rings. The van der Waals surface area contributed by atoms with Gasteiger partial charge in [0.05, 0.1) is 4.90 Å². The first-order valence-electron chi connectivity index (χ1n) is 12.9. The minimum Gasteiger partial charge on any atom is -0.200 e. The molecule has 0 aliphatic carbocycles. The number of nitrogens with zero attached hydrogens (tertiary/aromatic N) is 1. The molecule has 0 heterocycles. The average Bonchev–Trinajstić information content (AvgIpc) is 2.80. The highest BCUT2D eigenvalue weighted by Crippen LogP contribution is 2.12. The molecule has 0 spiro atoms. The molecule has 0 aromatic heterocycles. The van der Waals surface area contributed by atoms with Gasteiger partial charge < -0.3 is 0 Å². The summed E-state index contributed by atoms with van der Waals surface area (Å²) in [6.07, 6.45) is 25.1. The van der Waals surface area contributed by atoms with Crippen LogP contribution in [0, 0.1) is 6.92 Å². The summed E-state index contributed by atoms with van der Waals surface area (Å²) in [6.45, 7) is 6.28. The van der Waals surface area contributed by atoms with Gasteiger partial charge in [0, 0.05) is 5.71 Å². The van der Waals surface area contributed by atoms with Crippen LogP contribution < -0.4 is 4.83 Å². The molecule has 1 rings (SSSR count). The lowest BCUT2D eigenvalue weighted by Crippen LogP contribution is -2.20. The third-order valence-electron chi connectivity index (χ3n) is 5.61. The lowest BCUT2D eigenvalue weighted by molar-refractivity contribution is 0.583. The van der Waals surface area contributed by atoms with Crippen LogP contribution in [-0.4, -0.2) is 14.1 Å². The number of allylic oxidation sites excluding steroid dienone is 4. The Hall–Kier alpha value is -1.88. The molecular formula is C28H46N2O2S. The van der Waals surface area contributed by atoms with Crippen LogP contribution in [-0.2, 0) is 10.0 Å². The number of nitrogens with one attached hydrogen (secondary N) is 1.